The minimum absolute atomic E-state index is 0.0548. The molecule has 2 heterocycles. The fourth-order valence-electron chi connectivity index (χ4n) is 3.63. The molecule has 0 aliphatic rings. The van der Waals surface area contributed by atoms with E-state index in [-0.39, 0.29) is 19.3 Å². The maximum absolute atomic E-state index is 9.04. The van der Waals surface area contributed by atoms with E-state index in [1.807, 2.05) is 36.4 Å². The van der Waals surface area contributed by atoms with Gasteiger partial charge < -0.3 is 24.6 Å². The minimum atomic E-state index is -0.0668. The molecule has 0 radical (unpaired) electrons. The number of nitrogens with one attached hydrogen (secondary N) is 1. The average molecular weight is 466 g/mol. The van der Waals surface area contributed by atoms with E-state index < -0.39 is 0 Å². The van der Waals surface area contributed by atoms with Crippen molar-refractivity contribution in [1.82, 2.24) is 9.97 Å². The lowest BCUT2D eigenvalue weighted by atomic mass is 10.0. The van der Waals surface area contributed by atoms with Crippen molar-refractivity contribution in [3.63, 3.8) is 0 Å². The maximum atomic E-state index is 9.04. The van der Waals surface area contributed by atoms with Crippen molar-refractivity contribution in [1.29, 1.82) is 0 Å². The summed E-state index contributed by atoms with van der Waals surface area (Å²) >= 11 is 1.60. The number of rotatable bonds is 10. The molecule has 0 amide bonds. The third-order valence-electron chi connectivity index (χ3n) is 5.23. The second-order valence-corrected chi connectivity index (χ2v) is 8.32. The zero-order valence-corrected chi connectivity index (χ0v) is 19.7. The Morgan fingerprint density at radius 2 is 1.88 bits per heavy atom. The van der Waals surface area contributed by atoms with Gasteiger partial charge in [0.25, 0.3) is 0 Å². The molecule has 172 valence electrons. The third kappa shape index (κ3) is 5.08. The summed E-state index contributed by atoms with van der Waals surface area (Å²) in [6, 6.07) is 16.0. The van der Waals surface area contributed by atoms with Crippen LogP contribution in [0, 0.1) is 0 Å². The molecule has 0 aliphatic carbocycles. The van der Waals surface area contributed by atoms with Crippen molar-refractivity contribution in [2.24, 2.45) is 0 Å². The fraction of sp³-hybridized carbons (Fsp3) is 0.280. The largest absolute Gasteiger partial charge is 0.493 e. The predicted molar refractivity (Wildman–Crippen MR) is 131 cm³/mol. The summed E-state index contributed by atoms with van der Waals surface area (Å²) in [4.78, 5) is 10.4. The van der Waals surface area contributed by atoms with Gasteiger partial charge in [-0.05, 0) is 30.2 Å². The van der Waals surface area contributed by atoms with Crippen LogP contribution in [-0.2, 0) is 11.3 Å². The van der Waals surface area contributed by atoms with Gasteiger partial charge in [0.1, 0.15) is 23.9 Å². The third-order valence-corrected chi connectivity index (χ3v) is 6.10. The molecule has 1 atom stereocenters. The Morgan fingerprint density at radius 1 is 1.06 bits per heavy atom. The summed E-state index contributed by atoms with van der Waals surface area (Å²) in [5.41, 5.74) is 3.23. The fourth-order valence-corrected chi connectivity index (χ4v) is 4.60. The predicted octanol–water partition coefficient (Wildman–Crippen LogP) is 5.06. The SMILES string of the molecule is COCc1nc(NC(C)c2ccc(OCCO)c(OC)c2)c2c(-c3ccccc3)csc2n1. The quantitative estimate of drug-likeness (QED) is 0.339. The van der Waals surface area contributed by atoms with Crippen LogP contribution in [0.25, 0.3) is 21.3 Å². The van der Waals surface area contributed by atoms with Gasteiger partial charge in [0.2, 0.25) is 0 Å². The molecule has 0 fully saturated rings. The molecule has 2 aromatic heterocycles. The number of anilines is 1. The first-order valence-electron chi connectivity index (χ1n) is 10.6. The highest BCUT2D eigenvalue weighted by atomic mass is 32.1. The number of nitrogens with zero attached hydrogens (tertiary/aromatic N) is 2. The Hall–Kier alpha value is -3.20. The van der Waals surface area contributed by atoms with E-state index in [1.54, 1.807) is 25.6 Å². The van der Waals surface area contributed by atoms with Crippen LogP contribution in [0.4, 0.5) is 5.82 Å². The number of hydrogen-bond acceptors (Lipinski definition) is 8. The molecular formula is C25H27N3O4S. The number of aromatic nitrogens is 2. The number of methoxy groups -OCH3 is 2. The zero-order chi connectivity index (χ0) is 23.2. The Morgan fingerprint density at radius 3 is 2.61 bits per heavy atom. The lowest BCUT2D eigenvalue weighted by Gasteiger charge is -2.19. The number of ether oxygens (including phenoxy) is 3. The van der Waals surface area contributed by atoms with Gasteiger partial charge in [-0.3, -0.25) is 0 Å². The lowest BCUT2D eigenvalue weighted by Crippen LogP contribution is -2.11. The number of thiophene rings is 1. The molecule has 7 nitrogen and oxygen atoms in total. The van der Waals surface area contributed by atoms with Gasteiger partial charge in [0, 0.05) is 18.1 Å². The molecule has 0 saturated carbocycles. The number of fused-ring (bicyclic) bond motifs is 1. The average Bonchev–Trinajstić information content (AvgIpc) is 3.27. The van der Waals surface area contributed by atoms with Gasteiger partial charge in [0.15, 0.2) is 17.3 Å². The second-order valence-electron chi connectivity index (χ2n) is 7.47. The monoisotopic (exact) mass is 465 g/mol. The van der Waals surface area contributed by atoms with E-state index in [1.165, 1.54) is 0 Å². The van der Waals surface area contributed by atoms with E-state index in [2.05, 4.69) is 29.8 Å². The molecule has 2 N–H and O–H groups in total. The smallest absolute Gasteiger partial charge is 0.161 e. The summed E-state index contributed by atoms with van der Waals surface area (Å²) in [5.74, 6) is 2.60. The molecule has 1 unspecified atom stereocenters. The standard InChI is InChI=1S/C25H27N3O4S/c1-16(18-9-10-20(32-12-11-29)21(13-18)31-3)26-24-23-19(17-7-5-4-6-8-17)15-33-25(23)28-22(27-24)14-30-2/h4-10,13,15-16,29H,11-12,14H2,1-3H3,(H,26,27,28). The van der Waals surface area contributed by atoms with Crippen LogP contribution in [0.5, 0.6) is 11.5 Å². The summed E-state index contributed by atoms with van der Waals surface area (Å²) in [6.45, 7) is 2.57. The Kier molecular flexibility index (Phi) is 7.39. The van der Waals surface area contributed by atoms with Crippen LogP contribution >= 0.6 is 11.3 Å². The highest BCUT2D eigenvalue weighted by Gasteiger charge is 2.18. The van der Waals surface area contributed by atoms with E-state index in [0.717, 1.165) is 32.7 Å². The van der Waals surface area contributed by atoms with Crippen LogP contribution in [0.1, 0.15) is 24.4 Å². The van der Waals surface area contributed by atoms with Crippen molar-refractivity contribution in [2.75, 3.05) is 32.8 Å². The number of benzene rings is 2. The summed E-state index contributed by atoms with van der Waals surface area (Å²) in [7, 11) is 3.24. The Labute approximate surface area is 197 Å². The van der Waals surface area contributed by atoms with Crippen LogP contribution in [0.15, 0.2) is 53.9 Å². The topological polar surface area (TPSA) is 85.7 Å². The lowest BCUT2D eigenvalue weighted by molar-refractivity contribution is 0.178. The van der Waals surface area contributed by atoms with Crippen molar-refractivity contribution < 1.29 is 19.3 Å². The molecule has 0 aliphatic heterocycles. The number of aliphatic hydroxyl groups excluding tert-OH is 1. The van der Waals surface area contributed by atoms with Crippen LogP contribution < -0.4 is 14.8 Å². The maximum Gasteiger partial charge on any atom is 0.161 e. The molecule has 2 aromatic carbocycles. The minimum Gasteiger partial charge on any atom is -0.493 e. The summed E-state index contributed by atoms with van der Waals surface area (Å²) in [6.07, 6.45) is 0. The molecule has 8 heteroatoms. The van der Waals surface area contributed by atoms with Gasteiger partial charge in [-0.1, -0.05) is 36.4 Å². The first kappa shape index (κ1) is 23.0. The molecule has 0 saturated heterocycles. The number of hydrogen-bond donors (Lipinski definition) is 2. The molecule has 0 spiro atoms. The first-order valence-corrected chi connectivity index (χ1v) is 11.5. The van der Waals surface area contributed by atoms with E-state index in [9.17, 15) is 0 Å². The van der Waals surface area contributed by atoms with Gasteiger partial charge in [-0.2, -0.15) is 0 Å². The number of aliphatic hydroxyl groups is 1. The van der Waals surface area contributed by atoms with Gasteiger partial charge in [0.05, 0.1) is 25.1 Å². The van der Waals surface area contributed by atoms with Crippen LogP contribution in [-0.4, -0.2) is 42.5 Å². The Balaban J connectivity index is 1.72. The molecule has 0 bridgehead atoms. The van der Waals surface area contributed by atoms with Crippen molar-refractivity contribution in [2.45, 2.75) is 19.6 Å². The molecule has 4 rings (SSSR count). The molecular weight excluding hydrogens is 438 g/mol. The van der Waals surface area contributed by atoms with E-state index in [0.29, 0.717) is 23.9 Å². The normalized spacial score (nSPS) is 12.0. The zero-order valence-electron chi connectivity index (χ0n) is 18.9. The first-order chi connectivity index (χ1) is 16.1. The van der Waals surface area contributed by atoms with Crippen molar-refractivity contribution in [3.8, 4) is 22.6 Å². The van der Waals surface area contributed by atoms with Gasteiger partial charge >= 0.3 is 0 Å². The summed E-state index contributed by atoms with van der Waals surface area (Å²) < 4.78 is 16.3. The highest BCUT2D eigenvalue weighted by molar-refractivity contribution is 7.17. The van der Waals surface area contributed by atoms with Gasteiger partial charge in [-0.25, -0.2) is 9.97 Å². The Bertz CT molecular complexity index is 1210. The van der Waals surface area contributed by atoms with Crippen molar-refractivity contribution in [3.05, 3.63) is 65.3 Å². The second kappa shape index (κ2) is 10.6. The molecule has 4 aromatic rings. The van der Waals surface area contributed by atoms with Crippen molar-refractivity contribution >= 4 is 27.4 Å². The van der Waals surface area contributed by atoms with Crippen LogP contribution in [0.3, 0.4) is 0 Å². The van der Waals surface area contributed by atoms with Crippen LogP contribution in [0.2, 0.25) is 0 Å². The highest BCUT2D eigenvalue weighted by Crippen LogP contribution is 2.38. The molecule has 33 heavy (non-hydrogen) atoms. The van der Waals surface area contributed by atoms with E-state index >= 15 is 0 Å². The van der Waals surface area contributed by atoms with Gasteiger partial charge in [-0.15, -0.1) is 11.3 Å². The summed E-state index contributed by atoms with van der Waals surface area (Å²) in [5, 5.41) is 15.7. The van der Waals surface area contributed by atoms with E-state index in [4.69, 9.17) is 29.3 Å².